The van der Waals surface area contributed by atoms with E-state index in [-0.39, 0.29) is 17.6 Å². The number of ketones is 1. The summed E-state index contributed by atoms with van der Waals surface area (Å²) < 4.78 is 0. The number of nitrogens with zero attached hydrogens (tertiary/aromatic N) is 3. The second-order valence-corrected chi connectivity index (χ2v) is 5.87. The third-order valence-corrected chi connectivity index (χ3v) is 4.43. The first-order valence-corrected chi connectivity index (χ1v) is 7.51. The predicted octanol–water partition coefficient (Wildman–Crippen LogP) is 1.01. The van der Waals surface area contributed by atoms with Crippen molar-refractivity contribution in [3.05, 3.63) is 17.0 Å². The van der Waals surface area contributed by atoms with Crippen molar-refractivity contribution in [3.63, 3.8) is 0 Å². The van der Waals surface area contributed by atoms with Crippen LogP contribution in [0.4, 0.5) is 5.95 Å². The maximum Gasteiger partial charge on any atom is 0.225 e. The van der Waals surface area contributed by atoms with Crippen LogP contribution >= 0.6 is 0 Å². The van der Waals surface area contributed by atoms with E-state index in [4.69, 9.17) is 5.73 Å². The van der Waals surface area contributed by atoms with Gasteiger partial charge in [0.1, 0.15) is 0 Å². The maximum absolute atomic E-state index is 12.0. The molecule has 6 nitrogen and oxygen atoms in total. The molecule has 1 aliphatic carbocycles. The van der Waals surface area contributed by atoms with E-state index in [1.807, 2.05) is 6.92 Å². The molecule has 0 unspecified atom stereocenters. The number of rotatable bonds is 2. The number of carbonyl (C=O) groups excluding carboxylic acids is 2. The van der Waals surface area contributed by atoms with Gasteiger partial charge in [-0.15, -0.1) is 0 Å². The Hall–Kier alpha value is -1.98. The fraction of sp³-hybridized carbons (Fsp3) is 0.600. The lowest BCUT2D eigenvalue weighted by Crippen LogP contribution is -2.39. The van der Waals surface area contributed by atoms with E-state index >= 15 is 0 Å². The standard InChI is InChI=1S/C15H20N4O2/c1-9-13-11(3-2-4-12(13)20)18-15(17-9)19-7-5-10(6-8-19)14(16)21/h10H,2-8H2,1H3,(H2,16,21). The molecule has 1 amide bonds. The van der Waals surface area contributed by atoms with Gasteiger partial charge < -0.3 is 10.6 Å². The Balaban J connectivity index is 1.83. The van der Waals surface area contributed by atoms with Gasteiger partial charge in [0.25, 0.3) is 0 Å². The molecule has 0 saturated carbocycles. The number of carbonyl (C=O) groups is 2. The SMILES string of the molecule is Cc1nc(N2CCC(C(N)=O)CC2)nc2c1C(=O)CCC2. The highest BCUT2D eigenvalue weighted by atomic mass is 16.1. The summed E-state index contributed by atoms with van der Waals surface area (Å²) in [5.41, 5.74) is 7.73. The van der Waals surface area contributed by atoms with Crippen molar-refractivity contribution >= 4 is 17.6 Å². The van der Waals surface area contributed by atoms with Crippen LogP contribution < -0.4 is 10.6 Å². The van der Waals surface area contributed by atoms with E-state index in [1.165, 1.54) is 0 Å². The van der Waals surface area contributed by atoms with Crippen LogP contribution in [0.3, 0.4) is 0 Å². The second-order valence-electron chi connectivity index (χ2n) is 5.87. The first-order chi connectivity index (χ1) is 10.1. The highest BCUT2D eigenvalue weighted by molar-refractivity contribution is 5.99. The van der Waals surface area contributed by atoms with Crippen LogP contribution in [-0.2, 0) is 11.2 Å². The lowest BCUT2D eigenvalue weighted by Gasteiger charge is -2.31. The minimum Gasteiger partial charge on any atom is -0.369 e. The third-order valence-electron chi connectivity index (χ3n) is 4.43. The summed E-state index contributed by atoms with van der Waals surface area (Å²) in [6.45, 7) is 3.35. The summed E-state index contributed by atoms with van der Waals surface area (Å²) in [5.74, 6) is 0.584. The summed E-state index contributed by atoms with van der Waals surface area (Å²) in [4.78, 5) is 34.4. The zero-order chi connectivity index (χ0) is 15.0. The van der Waals surface area contributed by atoms with Gasteiger partial charge in [0, 0.05) is 25.4 Å². The van der Waals surface area contributed by atoms with Gasteiger partial charge in [-0.3, -0.25) is 9.59 Å². The fourth-order valence-electron chi connectivity index (χ4n) is 3.21. The Morgan fingerprint density at radius 1 is 1.24 bits per heavy atom. The molecule has 1 saturated heterocycles. The number of Topliss-reactive ketones (excluding diaryl/α,β-unsaturated/α-hetero) is 1. The van der Waals surface area contributed by atoms with Crippen LogP contribution in [0, 0.1) is 12.8 Å². The number of hydrogen-bond donors (Lipinski definition) is 1. The van der Waals surface area contributed by atoms with Crippen molar-refractivity contribution in [3.8, 4) is 0 Å². The Bertz CT molecular complexity index is 592. The molecule has 2 heterocycles. The van der Waals surface area contributed by atoms with Crippen LogP contribution in [0.15, 0.2) is 0 Å². The second kappa shape index (κ2) is 5.42. The Labute approximate surface area is 123 Å². The normalized spacial score (nSPS) is 19.5. The number of fused-ring (bicyclic) bond motifs is 1. The molecule has 0 aromatic carbocycles. The molecule has 0 radical (unpaired) electrons. The van der Waals surface area contributed by atoms with Crippen LogP contribution in [0.25, 0.3) is 0 Å². The molecule has 1 aromatic rings. The monoisotopic (exact) mass is 288 g/mol. The van der Waals surface area contributed by atoms with E-state index in [2.05, 4.69) is 14.9 Å². The highest BCUT2D eigenvalue weighted by Crippen LogP contribution is 2.26. The number of hydrogen-bond acceptors (Lipinski definition) is 5. The van der Waals surface area contributed by atoms with E-state index in [0.717, 1.165) is 55.7 Å². The minimum atomic E-state index is -0.220. The largest absolute Gasteiger partial charge is 0.369 e. The van der Waals surface area contributed by atoms with Crippen LogP contribution in [0.1, 0.15) is 47.4 Å². The smallest absolute Gasteiger partial charge is 0.225 e. The van der Waals surface area contributed by atoms with Crippen molar-refractivity contribution < 1.29 is 9.59 Å². The first kappa shape index (κ1) is 14.0. The van der Waals surface area contributed by atoms with Gasteiger partial charge in [-0.05, 0) is 32.6 Å². The lowest BCUT2D eigenvalue weighted by atomic mass is 9.93. The summed E-state index contributed by atoms with van der Waals surface area (Å²) in [6, 6.07) is 0. The lowest BCUT2D eigenvalue weighted by molar-refractivity contribution is -0.122. The topological polar surface area (TPSA) is 89.2 Å². The quantitative estimate of drug-likeness (QED) is 0.877. The van der Waals surface area contributed by atoms with Gasteiger partial charge in [-0.25, -0.2) is 9.97 Å². The number of anilines is 1. The highest BCUT2D eigenvalue weighted by Gasteiger charge is 2.27. The van der Waals surface area contributed by atoms with E-state index < -0.39 is 0 Å². The van der Waals surface area contributed by atoms with Gasteiger partial charge in [-0.1, -0.05) is 0 Å². The summed E-state index contributed by atoms with van der Waals surface area (Å²) in [6.07, 6.45) is 3.79. The van der Waals surface area contributed by atoms with Crippen molar-refractivity contribution in [2.75, 3.05) is 18.0 Å². The summed E-state index contributed by atoms with van der Waals surface area (Å²) in [5, 5.41) is 0. The summed E-state index contributed by atoms with van der Waals surface area (Å²) >= 11 is 0. The van der Waals surface area contributed by atoms with Gasteiger partial charge >= 0.3 is 0 Å². The number of piperidine rings is 1. The Morgan fingerprint density at radius 2 is 1.95 bits per heavy atom. The Morgan fingerprint density at radius 3 is 2.62 bits per heavy atom. The Kier molecular flexibility index (Phi) is 3.61. The van der Waals surface area contributed by atoms with Crippen LogP contribution in [0.2, 0.25) is 0 Å². The van der Waals surface area contributed by atoms with Gasteiger partial charge in [-0.2, -0.15) is 0 Å². The molecule has 2 aliphatic rings. The van der Waals surface area contributed by atoms with Gasteiger partial charge in [0.05, 0.1) is 17.0 Å². The van der Waals surface area contributed by atoms with Crippen molar-refractivity contribution in [1.82, 2.24) is 9.97 Å². The molecule has 1 fully saturated rings. The van der Waals surface area contributed by atoms with Crippen LogP contribution in [-0.4, -0.2) is 34.7 Å². The summed E-state index contributed by atoms with van der Waals surface area (Å²) in [7, 11) is 0. The molecule has 0 atom stereocenters. The number of aryl methyl sites for hydroxylation is 2. The van der Waals surface area contributed by atoms with E-state index in [0.29, 0.717) is 12.4 Å². The molecule has 2 N–H and O–H groups in total. The third kappa shape index (κ3) is 2.62. The molecule has 112 valence electrons. The number of nitrogens with two attached hydrogens (primary N) is 1. The molecule has 0 bridgehead atoms. The van der Waals surface area contributed by atoms with Crippen LogP contribution in [0.5, 0.6) is 0 Å². The zero-order valence-corrected chi connectivity index (χ0v) is 12.3. The van der Waals surface area contributed by atoms with E-state index in [1.54, 1.807) is 0 Å². The average molecular weight is 288 g/mol. The number of amides is 1. The van der Waals surface area contributed by atoms with Crippen molar-refractivity contribution in [1.29, 1.82) is 0 Å². The number of primary amides is 1. The molecular weight excluding hydrogens is 268 g/mol. The van der Waals surface area contributed by atoms with E-state index in [9.17, 15) is 9.59 Å². The number of aromatic nitrogens is 2. The molecule has 1 aliphatic heterocycles. The van der Waals surface area contributed by atoms with Crippen molar-refractivity contribution in [2.45, 2.75) is 39.0 Å². The van der Waals surface area contributed by atoms with Gasteiger partial charge in [0.2, 0.25) is 11.9 Å². The molecule has 21 heavy (non-hydrogen) atoms. The van der Waals surface area contributed by atoms with Gasteiger partial charge in [0.15, 0.2) is 5.78 Å². The maximum atomic E-state index is 12.0. The average Bonchev–Trinajstić information content (AvgIpc) is 2.47. The minimum absolute atomic E-state index is 0.0402. The molecule has 6 heteroatoms. The molecule has 1 aromatic heterocycles. The van der Waals surface area contributed by atoms with Crippen molar-refractivity contribution in [2.24, 2.45) is 11.7 Å². The molecule has 3 rings (SSSR count). The molecular formula is C15H20N4O2. The zero-order valence-electron chi connectivity index (χ0n) is 12.3. The fourth-order valence-corrected chi connectivity index (χ4v) is 3.21. The first-order valence-electron chi connectivity index (χ1n) is 7.51. The molecule has 0 spiro atoms. The predicted molar refractivity (Wildman–Crippen MR) is 78.2 cm³/mol.